The van der Waals surface area contributed by atoms with Crippen LogP contribution in [-0.4, -0.2) is 21.2 Å². The van der Waals surface area contributed by atoms with Crippen molar-refractivity contribution in [2.45, 2.75) is 11.7 Å². The number of benzene rings is 3. The van der Waals surface area contributed by atoms with E-state index in [9.17, 15) is 18.4 Å². The molecule has 0 bridgehead atoms. The van der Waals surface area contributed by atoms with Gasteiger partial charge in [0.05, 0.1) is 23.2 Å². The van der Waals surface area contributed by atoms with Crippen LogP contribution in [0.3, 0.4) is 0 Å². The number of hydrogen-bond acceptors (Lipinski definition) is 4. The summed E-state index contributed by atoms with van der Waals surface area (Å²) in [6, 6.07) is 18.3. The molecule has 1 aromatic heterocycles. The maximum atomic E-state index is 13.3. The van der Waals surface area contributed by atoms with Gasteiger partial charge < -0.3 is 5.32 Å². The molecule has 0 aliphatic heterocycles. The van der Waals surface area contributed by atoms with Crippen molar-refractivity contribution in [3.8, 4) is 0 Å². The first-order valence-corrected chi connectivity index (χ1v) is 10.4. The van der Waals surface area contributed by atoms with Gasteiger partial charge >= 0.3 is 0 Å². The molecule has 0 saturated carbocycles. The van der Waals surface area contributed by atoms with E-state index in [4.69, 9.17) is 0 Å². The topological polar surface area (TPSA) is 64.0 Å². The number of nitrogens with zero attached hydrogens (tertiary/aromatic N) is 2. The summed E-state index contributed by atoms with van der Waals surface area (Å²) in [5, 5.41) is 3.52. The lowest BCUT2D eigenvalue weighted by Gasteiger charge is -2.13. The molecule has 8 heteroatoms. The third-order valence-electron chi connectivity index (χ3n) is 4.54. The van der Waals surface area contributed by atoms with Crippen molar-refractivity contribution in [3.05, 3.63) is 100 Å². The number of para-hydroxylation sites is 1. The fourth-order valence-electron chi connectivity index (χ4n) is 3.03. The fraction of sp³-hybridized carbons (Fsp3) is 0.0870. The molecule has 156 valence electrons. The molecular weight excluding hydrogens is 420 g/mol. The SMILES string of the molecule is O=C(CSc1nc2ccccc2c(=O)n1Cc1ccc(F)cc1)Nc1ccc(F)cc1. The molecule has 0 aliphatic carbocycles. The van der Waals surface area contributed by atoms with Gasteiger partial charge in [-0.3, -0.25) is 14.2 Å². The van der Waals surface area contributed by atoms with E-state index in [0.29, 0.717) is 21.7 Å². The Morgan fingerprint density at radius 2 is 1.58 bits per heavy atom. The lowest BCUT2D eigenvalue weighted by atomic mass is 10.2. The van der Waals surface area contributed by atoms with Gasteiger partial charge in [-0.15, -0.1) is 0 Å². The van der Waals surface area contributed by atoms with Gasteiger partial charge in [-0.05, 0) is 54.1 Å². The molecule has 0 radical (unpaired) electrons. The standard InChI is InChI=1S/C23H17F2N3O2S/c24-16-7-5-15(6-8-16)13-28-22(30)19-3-1-2-4-20(19)27-23(28)31-14-21(29)26-18-11-9-17(25)10-12-18/h1-12H,13-14H2,(H,26,29). The maximum Gasteiger partial charge on any atom is 0.262 e. The second-order valence-corrected chi connectivity index (χ2v) is 7.72. The van der Waals surface area contributed by atoms with Crippen molar-refractivity contribution < 1.29 is 13.6 Å². The molecule has 0 spiro atoms. The average molecular weight is 437 g/mol. The number of fused-ring (bicyclic) bond motifs is 1. The van der Waals surface area contributed by atoms with Crippen molar-refractivity contribution in [2.75, 3.05) is 11.1 Å². The van der Waals surface area contributed by atoms with Crippen molar-refractivity contribution in [3.63, 3.8) is 0 Å². The summed E-state index contributed by atoms with van der Waals surface area (Å²) in [6.07, 6.45) is 0. The number of halogens is 2. The molecule has 0 aliphatic rings. The second kappa shape index (κ2) is 9.09. The molecular formula is C23H17F2N3O2S. The van der Waals surface area contributed by atoms with Gasteiger partial charge in [0, 0.05) is 5.69 Å². The van der Waals surface area contributed by atoms with E-state index in [1.807, 2.05) is 0 Å². The minimum absolute atomic E-state index is 0.00553. The molecule has 1 N–H and O–H groups in total. The van der Waals surface area contributed by atoms with E-state index in [1.165, 1.54) is 41.0 Å². The zero-order valence-corrected chi connectivity index (χ0v) is 17.0. The van der Waals surface area contributed by atoms with Gasteiger partial charge in [0.15, 0.2) is 5.16 Å². The molecule has 4 rings (SSSR count). The Hall–Kier alpha value is -3.52. The lowest BCUT2D eigenvalue weighted by molar-refractivity contribution is -0.113. The number of aromatic nitrogens is 2. The van der Waals surface area contributed by atoms with Gasteiger partial charge in [0.2, 0.25) is 5.91 Å². The summed E-state index contributed by atoms with van der Waals surface area (Å²) in [7, 11) is 0. The molecule has 5 nitrogen and oxygen atoms in total. The quantitative estimate of drug-likeness (QED) is 0.358. The van der Waals surface area contributed by atoms with E-state index in [-0.39, 0.29) is 29.6 Å². The van der Waals surface area contributed by atoms with Crippen LogP contribution in [0, 0.1) is 11.6 Å². The number of thioether (sulfide) groups is 1. The number of carbonyl (C=O) groups is 1. The van der Waals surface area contributed by atoms with Crippen molar-refractivity contribution >= 4 is 34.3 Å². The van der Waals surface area contributed by atoms with Crippen LogP contribution in [0.1, 0.15) is 5.56 Å². The Balaban J connectivity index is 1.60. The van der Waals surface area contributed by atoms with E-state index >= 15 is 0 Å². The second-order valence-electron chi connectivity index (χ2n) is 6.77. The highest BCUT2D eigenvalue weighted by Gasteiger charge is 2.14. The largest absolute Gasteiger partial charge is 0.325 e. The van der Waals surface area contributed by atoms with E-state index < -0.39 is 5.82 Å². The third-order valence-corrected chi connectivity index (χ3v) is 5.52. The number of rotatable bonds is 6. The summed E-state index contributed by atoms with van der Waals surface area (Å²) in [6.45, 7) is 0.193. The van der Waals surface area contributed by atoms with E-state index in [0.717, 1.165) is 17.3 Å². The number of anilines is 1. The summed E-state index contributed by atoms with van der Waals surface area (Å²) in [5.74, 6) is -1.06. The van der Waals surface area contributed by atoms with Gasteiger partial charge in [-0.2, -0.15) is 0 Å². The highest BCUT2D eigenvalue weighted by molar-refractivity contribution is 7.99. The summed E-state index contributed by atoms with van der Waals surface area (Å²) < 4.78 is 27.8. The highest BCUT2D eigenvalue weighted by atomic mass is 32.2. The normalized spacial score (nSPS) is 10.9. The number of hydrogen-bond donors (Lipinski definition) is 1. The zero-order valence-electron chi connectivity index (χ0n) is 16.2. The third kappa shape index (κ3) is 4.97. The van der Waals surface area contributed by atoms with E-state index in [2.05, 4.69) is 10.3 Å². The van der Waals surface area contributed by atoms with Crippen LogP contribution in [0.25, 0.3) is 10.9 Å². The Morgan fingerprint density at radius 3 is 2.29 bits per heavy atom. The zero-order chi connectivity index (χ0) is 21.8. The van der Waals surface area contributed by atoms with Crippen molar-refractivity contribution in [1.29, 1.82) is 0 Å². The molecule has 0 atom stereocenters. The fourth-order valence-corrected chi connectivity index (χ4v) is 3.83. The van der Waals surface area contributed by atoms with Crippen molar-refractivity contribution in [2.24, 2.45) is 0 Å². The number of amides is 1. The average Bonchev–Trinajstić information content (AvgIpc) is 2.77. The molecule has 31 heavy (non-hydrogen) atoms. The monoisotopic (exact) mass is 437 g/mol. The number of carbonyl (C=O) groups excluding carboxylic acids is 1. The predicted molar refractivity (Wildman–Crippen MR) is 117 cm³/mol. The van der Waals surface area contributed by atoms with Crippen LogP contribution in [0.2, 0.25) is 0 Å². The Kier molecular flexibility index (Phi) is 6.08. The van der Waals surface area contributed by atoms with Crippen molar-refractivity contribution in [1.82, 2.24) is 9.55 Å². The number of nitrogens with one attached hydrogen (secondary N) is 1. The van der Waals surface area contributed by atoms with Gasteiger partial charge in [-0.1, -0.05) is 36.0 Å². The predicted octanol–water partition coefficient (Wildman–Crippen LogP) is 4.45. The summed E-state index contributed by atoms with van der Waals surface area (Å²) >= 11 is 1.12. The minimum atomic E-state index is -0.391. The maximum absolute atomic E-state index is 13.3. The molecule has 1 heterocycles. The molecule has 0 fully saturated rings. The molecule has 4 aromatic rings. The first-order valence-electron chi connectivity index (χ1n) is 9.42. The van der Waals surface area contributed by atoms with Crippen LogP contribution in [0.5, 0.6) is 0 Å². The Bertz CT molecular complexity index is 1290. The summed E-state index contributed by atoms with van der Waals surface area (Å²) in [5.41, 5.74) is 1.50. The summed E-state index contributed by atoms with van der Waals surface area (Å²) in [4.78, 5) is 30.0. The van der Waals surface area contributed by atoms with Crippen LogP contribution in [-0.2, 0) is 11.3 Å². The molecule has 0 saturated heterocycles. The smallest absolute Gasteiger partial charge is 0.262 e. The highest BCUT2D eigenvalue weighted by Crippen LogP contribution is 2.20. The first kappa shape index (κ1) is 20.7. The molecule has 3 aromatic carbocycles. The molecule has 0 unspecified atom stereocenters. The minimum Gasteiger partial charge on any atom is -0.325 e. The van der Waals surface area contributed by atoms with Gasteiger partial charge in [0.25, 0.3) is 5.56 Å². The van der Waals surface area contributed by atoms with Crippen LogP contribution < -0.4 is 10.9 Å². The first-order chi connectivity index (χ1) is 15.0. The van der Waals surface area contributed by atoms with Crippen LogP contribution in [0.4, 0.5) is 14.5 Å². The van der Waals surface area contributed by atoms with Gasteiger partial charge in [-0.25, -0.2) is 13.8 Å². The lowest BCUT2D eigenvalue weighted by Crippen LogP contribution is -2.25. The Morgan fingerprint density at radius 1 is 0.935 bits per heavy atom. The van der Waals surface area contributed by atoms with E-state index in [1.54, 1.807) is 36.4 Å². The Labute approximate surface area is 180 Å². The van der Waals surface area contributed by atoms with Crippen LogP contribution >= 0.6 is 11.8 Å². The van der Waals surface area contributed by atoms with Gasteiger partial charge in [0.1, 0.15) is 11.6 Å². The van der Waals surface area contributed by atoms with Crippen LogP contribution in [0.15, 0.2) is 82.7 Å². The molecule has 1 amide bonds.